The van der Waals surface area contributed by atoms with Crippen LogP contribution in [0.25, 0.3) is 0 Å². The van der Waals surface area contributed by atoms with Gasteiger partial charge in [0.15, 0.2) is 0 Å². The molecule has 2 atom stereocenters. The van der Waals surface area contributed by atoms with Crippen LogP contribution in [0.2, 0.25) is 0 Å². The predicted octanol–water partition coefficient (Wildman–Crippen LogP) is 2.86. The summed E-state index contributed by atoms with van der Waals surface area (Å²) in [5.74, 6) is 1.09. The molecule has 0 fully saturated rings. The van der Waals surface area contributed by atoms with Crippen molar-refractivity contribution in [2.45, 2.75) is 58.1 Å². The minimum Gasteiger partial charge on any atom is -0.496 e. The minimum atomic E-state index is 0.218. The van der Waals surface area contributed by atoms with Crippen LogP contribution >= 0.6 is 0 Å². The molecule has 0 spiro atoms. The van der Waals surface area contributed by atoms with Crippen LogP contribution in [0.4, 0.5) is 0 Å². The largest absolute Gasteiger partial charge is 0.496 e. The molecule has 0 aliphatic carbocycles. The Morgan fingerprint density at radius 1 is 1.41 bits per heavy atom. The lowest BCUT2D eigenvalue weighted by molar-refractivity contribution is 0.0442. The van der Waals surface area contributed by atoms with Gasteiger partial charge in [-0.2, -0.15) is 0 Å². The first-order valence-electron chi connectivity index (χ1n) is 6.92. The Labute approximate surface area is 106 Å². The number of ether oxygens (including phenoxy) is 2. The van der Waals surface area contributed by atoms with Gasteiger partial charge >= 0.3 is 0 Å². The molecule has 0 aromatic heterocycles. The molecule has 100 valence electrons. The first-order valence-corrected chi connectivity index (χ1v) is 6.92. The molecule has 0 saturated carbocycles. The normalized spacial score (nSPS) is 19.4. The fourth-order valence-electron chi connectivity index (χ4n) is 2.21. The minimum absolute atomic E-state index is 0.218. The van der Waals surface area contributed by atoms with E-state index in [0.717, 1.165) is 51.0 Å². The highest BCUT2D eigenvalue weighted by Gasteiger charge is 2.26. The van der Waals surface area contributed by atoms with Gasteiger partial charge in [-0.15, -0.1) is 0 Å². The number of methoxy groups -OCH3 is 1. The molecule has 3 nitrogen and oxygen atoms in total. The Balaban J connectivity index is 2.65. The molecule has 1 heterocycles. The topological polar surface area (TPSA) is 30.5 Å². The molecule has 0 amide bonds. The van der Waals surface area contributed by atoms with Gasteiger partial charge in [-0.1, -0.05) is 20.3 Å². The van der Waals surface area contributed by atoms with Crippen LogP contribution < -0.4 is 5.32 Å². The third-order valence-corrected chi connectivity index (χ3v) is 3.13. The van der Waals surface area contributed by atoms with Crippen molar-refractivity contribution in [3.63, 3.8) is 0 Å². The molecule has 2 unspecified atom stereocenters. The Morgan fingerprint density at radius 2 is 2.24 bits per heavy atom. The van der Waals surface area contributed by atoms with Gasteiger partial charge in [0.05, 0.1) is 18.8 Å². The molecule has 1 aliphatic rings. The van der Waals surface area contributed by atoms with Gasteiger partial charge in [-0.25, -0.2) is 0 Å². The second-order valence-electron chi connectivity index (χ2n) is 4.59. The van der Waals surface area contributed by atoms with Gasteiger partial charge in [0.25, 0.3) is 0 Å². The number of allylic oxidation sites excluding steroid dienone is 1. The summed E-state index contributed by atoms with van der Waals surface area (Å²) in [5.41, 5.74) is 0. The van der Waals surface area contributed by atoms with Crippen molar-refractivity contribution in [1.82, 2.24) is 5.32 Å². The predicted molar refractivity (Wildman–Crippen MR) is 71.1 cm³/mol. The zero-order valence-electron chi connectivity index (χ0n) is 11.5. The number of nitrogens with one attached hydrogen (secondary N) is 1. The van der Waals surface area contributed by atoms with E-state index in [9.17, 15) is 0 Å². The molecule has 1 N–H and O–H groups in total. The van der Waals surface area contributed by atoms with Gasteiger partial charge in [-0.3, -0.25) is 0 Å². The van der Waals surface area contributed by atoms with Crippen LogP contribution in [0.5, 0.6) is 0 Å². The summed E-state index contributed by atoms with van der Waals surface area (Å²) in [4.78, 5) is 0. The van der Waals surface area contributed by atoms with Crippen molar-refractivity contribution in [1.29, 1.82) is 0 Å². The van der Waals surface area contributed by atoms with Crippen molar-refractivity contribution in [3.05, 3.63) is 11.8 Å². The van der Waals surface area contributed by atoms with E-state index >= 15 is 0 Å². The van der Waals surface area contributed by atoms with E-state index in [-0.39, 0.29) is 12.1 Å². The fourth-order valence-corrected chi connectivity index (χ4v) is 2.21. The Morgan fingerprint density at radius 3 is 2.76 bits per heavy atom. The van der Waals surface area contributed by atoms with Gasteiger partial charge in [0.1, 0.15) is 5.76 Å². The van der Waals surface area contributed by atoms with E-state index in [2.05, 4.69) is 25.2 Å². The molecule has 1 rings (SSSR count). The van der Waals surface area contributed by atoms with Crippen LogP contribution in [-0.4, -0.2) is 32.4 Å². The van der Waals surface area contributed by atoms with Crippen molar-refractivity contribution in [2.24, 2.45) is 0 Å². The maximum absolute atomic E-state index is 5.78. The molecule has 1 aliphatic heterocycles. The maximum Gasteiger partial charge on any atom is 0.112 e. The Hall–Kier alpha value is -0.540. The summed E-state index contributed by atoms with van der Waals surface area (Å²) < 4.78 is 11.4. The summed E-state index contributed by atoms with van der Waals surface area (Å²) in [6, 6.07) is 0.222. The Bertz CT molecular complexity index is 228. The van der Waals surface area contributed by atoms with Crippen LogP contribution in [-0.2, 0) is 9.47 Å². The molecular weight excluding hydrogens is 214 g/mol. The number of hydrogen-bond acceptors (Lipinski definition) is 3. The van der Waals surface area contributed by atoms with E-state index in [1.165, 1.54) is 0 Å². The summed E-state index contributed by atoms with van der Waals surface area (Å²) in [7, 11) is 1.80. The summed E-state index contributed by atoms with van der Waals surface area (Å²) in [6.07, 6.45) is 8.04. The lowest BCUT2D eigenvalue weighted by Crippen LogP contribution is -2.44. The average Bonchev–Trinajstić information content (AvgIpc) is 2.39. The molecular formula is C14H27NO2. The van der Waals surface area contributed by atoms with E-state index in [4.69, 9.17) is 9.47 Å². The van der Waals surface area contributed by atoms with E-state index < -0.39 is 0 Å². The molecule has 0 aromatic carbocycles. The smallest absolute Gasteiger partial charge is 0.112 e. The molecule has 0 radical (unpaired) electrons. The monoisotopic (exact) mass is 241 g/mol. The van der Waals surface area contributed by atoms with Crippen molar-refractivity contribution >= 4 is 0 Å². The number of hydrogen-bond donors (Lipinski definition) is 1. The molecule has 3 heteroatoms. The standard InChI is InChI=1S/C14H27NO2/c1-4-8-12(16-3)14(15-10-5-2)13-9-6-7-11-17-13/h9,12,14-15H,4-8,10-11H2,1-3H3. The van der Waals surface area contributed by atoms with Crippen LogP contribution in [0.3, 0.4) is 0 Å². The second-order valence-corrected chi connectivity index (χ2v) is 4.59. The SMILES string of the molecule is CCCNC(C1=CCCCO1)C(CCC)OC. The number of rotatable bonds is 8. The van der Waals surface area contributed by atoms with Crippen LogP contribution in [0.15, 0.2) is 11.8 Å². The highest BCUT2D eigenvalue weighted by molar-refractivity contribution is 5.08. The van der Waals surface area contributed by atoms with E-state index in [0.29, 0.717) is 0 Å². The van der Waals surface area contributed by atoms with E-state index in [1.807, 2.05) is 0 Å². The van der Waals surface area contributed by atoms with Crippen molar-refractivity contribution in [2.75, 3.05) is 20.3 Å². The quantitative estimate of drug-likeness (QED) is 0.709. The summed E-state index contributed by atoms with van der Waals surface area (Å²) >= 11 is 0. The van der Waals surface area contributed by atoms with Gasteiger partial charge in [0, 0.05) is 7.11 Å². The molecule has 0 bridgehead atoms. The third kappa shape index (κ3) is 4.68. The van der Waals surface area contributed by atoms with E-state index in [1.54, 1.807) is 7.11 Å². The lowest BCUT2D eigenvalue weighted by atomic mass is 10.0. The first kappa shape index (κ1) is 14.5. The molecule has 0 saturated heterocycles. The van der Waals surface area contributed by atoms with Crippen LogP contribution in [0.1, 0.15) is 46.0 Å². The second kappa shape index (κ2) is 8.54. The summed E-state index contributed by atoms with van der Waals surface area (Å²) in [5, 5.41) is 3.56. The zero-order valence-corrected chi connectivity index (χ0v) is 11.5. The third-order valence-electron chi connectivity index (χ3n) is 3.13. The van der Waals surface area contributed by atoms with Gasteiger partial charge < -0.3 is 14.8 Å². The summed E-state index contributed by atoms with van der Waals surface area (Å²) in [6.45, 7) is 6.23. The zero-order chi connectivity index (χ0) is 12.5. The van der Waals surface area contributed by atoms with Gasteiger partial charge in [0.2, 0.25) is 0 Å². The Kier molecular flexibility index (Phi) is 7.29. The van der Waals surface area contributed by atoms with Crippen LogP contribution in [0, 0.1) is 0 Å². The van der Waals surface area contributed by atoms with Gasteiger partial charge in [-0.05, 0) is 38.3 Å². The first-order chi connectivity index (χ1) is 8.33. The fraction of sp³-hybridized carbons (Fsp3) is 0.857. The van der Waals surface area contributed by atoms with Crippen molar-refractivity contribution < 1.29 is 9.47 Å². The molecule has 17 heavy (non-hydrogen) atoms. The molecule has 0 aromatic rings. The lowest BCUT2D eigenvalue weighted by Gasteiger charge is -2.30. The average molecular weight is 241 g/mol. The highest BCUT2D eigenvalue weighted by Crippen LogP contribution is 2.20. The highest BCUT2D eigenvalue weighted by atomic mass is 16.5. The van der Waals surface area contributed by atoms with Crippen molar-refractivity contribution in [3.8, 4) is 0 Å². The maximum atomic E-state index is 5.78.